The van der Waals surface area contributed by atoms with Crippen LogP contribution in [0.15, 0.2) is 134 Å². The Morgan fingerprint density at radius 3 is 0.878 bits per heavy atom. The van der Waals surface area contributed by atoms with Crippen molar-refractivity contribution in [3.63, 3.8) is 0 Å². The Kier molecular flexibility index (Phi) is 59.9. The molecule has 0 saturated carbocycles. The summed E-state index contributed by atoms with van der Waals surface area (Å²) in [6, 6.07) is 0. The summed E-state index contributed by atoms with van der Waals surface area (Å²) in [6.45, 7) is 4.01. The molecule has 74 heavy (non-hydrogen) atoms. The highest BCUT2D eigenvalue weighted by molar-refractivity contribution is 5.70. The molecular weight excluding hydrogens is 909 g/mol. The minimum Gasteiger partial charge on any atom is -0.462 e. The number of ether oxygens (including phenoxy) is 2. The summed E-state index contributed by atoms with van der Waals surface area (Å²) >= 11 is 0. The fraction of sp³-hybridized carbons (Fsp3) is 0.652. The molecule has 0 aromatic carbocycles. The van der Waals surface area contributed by atoms with Gasteiger partial charge in [0.2, 0.25) is 0 Å². The van der Waals surface area contributed by atoms with Gasteiger partial charge in [0.1, 0.15) is 6.61 Å². The summed E-state index contributed by atoms with van der Waals surface area (Å²) in [6.07, 6.45) is 94.3. The van der Waals surface area contributed by atoms with Crippen LogP contribution in [0.1, 0.15) is 271 Å². The van der Waals surface area contributed by atoms with Gasteiger partial charge in [-0.2, -0.15) is 0 Å². The van der Waals surface area contributed by atoms with E-state index in [4.69, 9.17) is 9.47 Å². The van der Waals surface area contributed by atoms with E-state index >= 15 is 0 Å². The smallest absolute Gasteiger partial charge is 0.306 e. The minimum absolute atomic E-state index is 0.0730. The molecule has 1 atom stereocenters. The first-order chi connectivity index (χ1) is 36.6. The summed E-state index contributed by atoms with van der Waals surface area (Å²) < 4.78 is 10.7. The molecule has 0 aliphatic rings. The largest absolute Gasteiger partial charge is 0.462 e. The van der Waals surface area contributed by atoms with Gasteiger partial charge in [0.05, 0.1) is 6.61 Å². The van der Waals surface area contributed by atoms with Crippen LogP contribution >= 0.6 is 0 Å². The second-order valence-corrected chi connectivity index (χ2v) is 20.0. The van der Waals surface area contributed by atoms with Crippen molar-refractivity contribution in [1.82, 2.24) is 0 Å². The van der Waals surface area contributed by atoms with Crippen LogP contribution in [0.25, 0.3) is 0 Å². The molecule has 0 saturated heterocycles. The van der Waals surface area contributed by atoms with Crippen molar-refractivity contribution in [3.8, 4) is 0 Å². The summed E-state index contributed by atoms with van der Waals surface area (Å²) in [5, 5.41) is 9.66. The SMILES string of the molecule is CC/C=C\C/C=C\C/C=C\C/C=C\C/C=C\C/C=C\C/C=C\C/C=C\C/C=C\CCCCCCCCCCCCCCCC(=O)OC(CO)COC(=O)CCCCCCCCCCC/C=C\C/C=C\CCCCC. The number of unbranched alkanes of at least 4 members (excludes halogenated alkanes) is 25. The van der Waals surface area contributed by atoms with E-state index in [-0.39, 0.29) is 25.2 Å². The van der Waals surface area contributed by atoms with Crippen molar-refractivity contribution in [2.24, 2.45) is 0 Å². The first kappa shape index (κ1) is 70.0. The molecule has 1 N–H and O–H groups in total. The Morgan fingerprint density at radius 2 is 0.581 bits per heavy atom. The molecule has 0 aromatic rings. The van der Waals surface area contributed by atoms with Crippen molar-refractivity contribution in [2.45, 2.75) is 277 Å². The van der Waals surface area contributed by atoms with Crippen LogP contribution in [-0.4, -0.2) is 36.4 Å². The second-order valence-electron chi connectivity index (χ2n) is 20.0. The van der Waals surface area contributed by atoms with Gasteiger partial charge in [-0.15, -0.1) is 0 Å². The van der Waals surface area contributed by atoms with Gasteiger partial charge in [-0.3, -0.25) is 9.59 Å². The molecule has 0 bridgehead atoms. The fourth-order valence-electron chi connectivity index (χ4n) is 8.34. The summed E-state index contributed by atoms with van der Waals surface area (Å²) in [7, 11) is 0. The highest BCUT2D eigenvalue weighted by Crippen LogP contribution is 2.15. The van der Waals surface area contributed by atoms with E-state index in [1.54, 1.807) is 0 Å². The lowest BCUT2D eigenvalue weighted by Crippen LogP contribution is -2.28. The lowest BCUT2D eigenvalue weighted by atomic mass is 10.0. The minimum atomic E-state index is -0.782. The third kappa shape index (κ3) is 60.6. The highest BCUT2D eigenvalue weighted by atomic mass is 16.6. The van der Waals surface area contributed by atoms with Gasteiger partial charge in [0.25, 0.3) is 0 Å². The van der Waals surface area contributed by atoms with Crippen LogP contribution in [0.5, 0.6) is 0 Å². The van der Waals surface area contributed by atoms with E-state index in [1.165, 1.54) is 141 Å². The van der Waals surface area contributed by atoms with E-state index in [0.29, 0.717) is 12.8 Å². The Bertz CT molecular complexity index is 1530. The molecule has 0 aliphatic heterocycles. The zero-order valence-corrected chi connectivity index (χ0v) is 48.1. The molecule has 0 aliphatic carbocycles. The van der Waals surface area contributed by atoms with Crippen LogP contribution in [0.2, 0.25) is 0 Å². The first-order valence-electron chi connectivity index (χ1n) is 30.7. The van der Waals surface area contributed by atoms with Gasteiger partial charge >= 0.3 is 11.9 Å². The maximum Gasteiger partial charge on any atom is 0.306 e. The standard InChI is InChI=1S/C69H114O5/c1-3-5-7-9-11-13-15-17-19-21-23-24-25-26-27-28-29-30-31-32-33-34-35-36-37-38-39-40-41-42-43-44-46-48-50-52-54-56-58-60-62-64-69(72)74-67(65-70)66-73-68(71)63-61-59-57-55-53-51-49-47-45-22-20-18-16-14-12-10-8-6-4-2/h5,7,11-14,17-20,23-24,26-27,29-30,32-33,35-36,38-39,67,70H,3-4,6,8-10,15-16,21-22,25,28,31,34,37,40-66H2,1-2H3/b7-5-,13-11-,14-12-,19-17-,20-18-,24-23-,27-26-,30-29-,33-32-,36-35-,39-38-. The molecule has 0 radical (unpaired) electrons. The number of aliphatic hydroxyl groups is 1. The summed E-state index contributed by atoms with van der Waals surface area (Å²) in [4.78, 5) is 24.5. The highest BCUT2D eigenvalue weighted by Gasteiger charge is 2.16. The summed E-state index contributed by atoms with van der Waals surface area (Å²) in [5.74, 6) is -0.597. The maximum absolute atomic E-state index is 12.3. The number of hydrogen-bond acceptors (Lipinski definition) is 5. The average Bonchev–Trinajstić information content (AvgIpc) is 3.40. The number of rotatable bonds is 55. The molecule has 0 aromatic heterocycles. The van der Waals surface area contributed by atoms with Gasteiger partial charge in [-0.1, -0.05) is 276 Å². The molecule has 0 heterocycles. The topological polar surface area (TPSA) is 72.8 Å². The second kappa shape index (κ2) is 63.3. The van der Waals surface area contributed by atoms with Gasteiger partial charge in [-0.05, 0) is 116 Å². The lowest BCUT2D eigenvalue weighted by molar-refractivity contribution is -0.161. The van der Waals surface area contributed by atoms with Gasteiger partial charge in [0.15, 0.2) is 6.10 Å². The molecule has 1 unspecified atom stereocenters. The zero-order chi connectivity index (χ0) is 53.4. The fourth-order valence-corrected chi connectivity index (χ4v) is 8.34. The Labute approximate surface area is 457 Å². The van der Waals surface area contributed by atoms with Gasteiger partial charge in [-0.25, -0.2) is 0 Å². The van der Waals surface area contributed by atoms with Gasteiger partial charge in [0, 0.05) is 12.8 Å². The van der Waals surface area contributed by atoms with Crippen LogP contribution in [0.4, 0.5) is 0 Å². The van der Waals surface area contributed by atoms with Crippen LogP contribution in [0, 0.1) is 0 Å². The predicted molar refractivity (Wildman–Crippen MR) is 324 cm³/mol. The Balaban J connectivity index is 3.54. The van der Waals surface area contributed by atoms with E-state index in [2.05, 4.69) is 148 Å². The van der Waals surface area contributed by atoms with E-state index in [0.717, 1.165) is 103 Å². The Hall–Kier alpha value is -3.96. The molecule has 5 heteroatoms. The van der Waals surface area contributed by atoms with E-state index < -0.39 is 6.10 Å². The average molecular weight is 1020 g/mol. The molecule has 420 valence electrons. The number of carbonyl (C=O) groups is 2. The lowest BCUT2D eigenvalue weighted by Gasteiger charge is -2.15. The number of carbonyl (C=O) groups excluding carboxylic acids is 2. The van der Waals surface area contributed by atoms with E-state index in [1.807, 2.05) is 0 Å². The third-order valence-electron chi connectivity index (χ3n) is 12.9. The molecular formula is C69H114O5. The monoisotopic (exact) mass is 1020 g/mol. The van der Waals surface area contributed by atoms with Crippen molar-refractivity contribution in [2.75, 3.05) is 13.2 Å². The Morgan fingerprint density at radius 1 is 0.324 bits per heavy atom. The normalized spacial score (nSPS) is 13.2. The number of esters is 2. The van der Waals surface area contributed by atoms with Crippen LogP contribution < -0.4 is 0 Å². The summed E-state index contributed by atoms with van der Waals surface area (Å²) in [5.41, 5.74) is 0. The molecule has 5 nitrogen and oxygen atoms in total. The van der Waals surface area contributed by atoms with E-state index in [9.17, 15) is 14.7 Å². The number of hydrogen-bond donors (Lipinski definition) is 1. The molecule has 0 fully saturated rings. The number of aliphatic hydroxyl groups excluding tert-OH is 1. The van der Waals surface area contributed by atoms with Crippen LogP contribution in [-0.2, 0) is 19.1 Å². The van der Waals surface area contributed by atoms with Crippen molar-refractivity contribution >= 4 is 11.9 Å². The third-order valence-corrected chi connectivity index (χ3v) is 12.9. The van der Waals surface area contributed by atoms with Crippen molar-refractivity contribution < 1.29 is 24.2 Å². The quantitative estimate of drug-likeness (QED) is 0.0373. The molecule has 0 rings (SSSR count). The number of allylic oxidation sites excluding steroid dienone is 22. The molecule has 0 amide bonds. The van der Waals surface area contributed by atoms with Crippen molar-refractivity contribution in [1.29, 1.82) is 0 Å². The van der Waals surface area contributed by atoms with Crippen LogP contribution in [0.3, 0.4) is 0 Å². The zero-order valence-electron chi connectivity index (χ0n) is 48.1. The maximum atomic E-state index is 12.3. The van der Waals surface area contributed by atoms with Crippen molar-refractivity contribution in [3.05, 3.63) is 134 Å². The van der Waals surface area contributed by atoms with Gasteiger partial charge < -0.3 is 14.6 Å². The first-order valence-corrected chi connectivity index (χ1v) is 30.7. The molecule has 0 spiro atoms. The predicted octanol–water partition coefficient (Wildman–Crippen LogP) is 21.2.